The van der Waals surface area contributed by atoms with Gasteiger partial charge in [-0.2, -0.15) is 0 Å². The Balaban J connectivity index is 1.29. The van der Waals surface area contributed by atoms with Crippen LogP contribution in [0.25, 0.3) is 10.9 Å². The Morgan fingerprint density at radius 2 is 1.78 bits per heavy atom. The third kappa shape index (κ3) is 7.14. The number of nitrogens with one attached hydrogen (secondary N) is 1. The van der Waals surface area contributed by atoms with Gasteiger partial charge < -0.3 is 29.9 Å². The van der Waals surface area contributed by atoms with Crippen LogP contribution in [0.5, 0.6) is 0 Å². The summed E-state index contributed by atoms with van der Waals surface area (Å²) in [5.41, 5.74) is 3.78. The molecule has 1 aliphatic rings. The Morgan fingerprint density at radius 1 is 1.07 bits per heavy atom. The molecule has 0 spiro atoms. The van der Waals surface area contributed by atoms with Crippen molar-refractivity contribution < 1.29 is 15.0 Å². The van der Waals surface area contributed by atoms with Gasteiger partial charge in [0.2, 0.25) is 0 Å². The fourth-order valence-electron chi connectivity index (χ4n) is 5.73. The summed E-state index contributed by atoms with van der Waals surface area (Å²) in [6.45, 7) is 8.44. The molecule has 1 saturated heterocycles. The summed E-state index contributed by atoms with van der Waals surface area (Å²) in [5, 5.41) is 24.4. The number of hydrogen-bond donors (Lipinski definition) is 3. The number of carbonyl (C=O) groups is 1. The summed E-state index contributed by atoms with van der Waals surface area (Å²) in [7, 11) is 2.02. The van der Waals surface area contributed by atoms with Crippen LogP contribution >= 0.6 is 0 Å². The molecule has 41 heavy (non-hydrogen) atoms. The van der Waals surface area contributed by atoms with Gasteiger partial charge in [-0.3, -0.25) is 4.79 Å². The predicted octanol–water partition coefficient (Wildman–Crippen LogP) is 5.29. The second-order valence-corrected chi connectivity index (χ2v) is 12.0. The predicted molar refractivity (Wildman–Crippen MR) is 165 cm³/mol. The molecule has 0 saturated carbocycles. The van der Waals surface area contributed by atoms with E-state index in [4.69, 9.17) is 0 Å². The smallest absolute Gasteiger partial charge is 0.256 e. The largest absolute Gasteiger partial charge is 0.392 e. The maximum absolute atomic E-state index is 13.1. The summed E-state index contributed by atoms with van der Waals surface area (Å²) in [5.74, 6) is 0.698. The minimum absolute atomic E-state index is 0.215. The summed E-state index contributed by atoms with van der Waals surface area (Å²) >= 11 is 0. The van der Waals surface area contributed by atoms with Gasteiger partial charge in [-0.1, -0.05) is 12.1 Å². The van der Waals surface area contributed by atoms with Crippen LogP contribution in [-0.4, -0.2) is 68.5 Å². The minimum atomic E-state index is -0.950. The van der Waals surface area contributed by atoms with Gasteiger partial charge >= 0.3 is 0 Å². The maximum Gasteiger partial charge on any atom is 0.256 e. The number of β-amino-alcohol motifs (C(OH)–C–C–N with tert-alkyl or cyclic N) is 1. The maximum atomic E-state index is 13.1. The fraction of sp³-hybridized carbons (Fsp3) is 0.394. The molecule has 2 aromatic carbocycles. The molecule has 0 bridgehead atoms. The number of piperidine rings is 1. The molecule has 1 aliphatic heterocycles. The highest BCUT2D eigenvalue weighted by Crippen LogP contribution is 2.32. The average Bonchev–Trinajstić information content (AvgIpc) is 3.31. The standard InChI is InChI=1S/C33H41N5O3/c1-23(39)21-37-17-13-25(14-18-37)24-5-7-26(8-6-24)32(40)35-31-20-29(11-15-34-31)38(22-33(2,3)41)28-9-10-30-27(19-28)12-16-36(30)4/h5-12,15-16,19-20,23,25,39,41H,13-14,17-18,21-22H2,1-4H3,(H,34,35,40). The zero-order chi connectivity index (χ0) is 29.1. The van der Waals surface area contributed by atoms with E-state index in [1.54, 1.807) is 20.0 Å². The van der Waals surface area contributed by atoms with Crippen molar-refractivity contribution in [2.45, 2.75) is 51.2 Å². The molecule has 4 aromatic rings. The molecule has 216 valence electrons. The molecule has 1 fully saturated rings. The summed E-state index contributed by atoms with van der Waals surface area (Å²) in [4.78, 5) is 21.9. The van der Waals surface area contributed by atoms with Crippen LogP contribution in [0, 0.1) is 0 Å². The zero-order valence-electron chi connectivity index (χ0n) is 24.4. The monoisotopic (exact) mass is 555 g/mol. The number of anilines is 3. The Morgan fingerprint density at radius 3 is 2.46 bits per heavy atom. The Kier molecular flexibility index (Phi) is 8.45. The molecule has 3 N–H and O–H groups in total. The van der Waals surface area contributed by atoms with Gasteiger partial charge in [-0.25, -0.2) is 4.98 Å². The van der Waals surface area contributed by atoms with E-state index in [1.165, 1.54) is 5.56 Å². The van der Waals surface area contributed by atoms with Gasteiger partial charge in [0.05, 0.1) is 18.2 Å². The number of rotatable bonds is 9. The molecule has 1 unspecified atom stereocenters. The van der Waals surface area contributed by atoms with E-state index in [-0.39, 0.29) is 12.0 Å². The number of aliphatic hydroxyl groups excluding tert-OH is 1. The van der Waals surface area contributed by atoms with Crippen LogP contribution in [0.4, 0.5) is 17.2 Å². The third-order valence-corrected chi connectivity index (χ3v) is 7.78. The van der Waals surface area contributed by atoms with Crippen LogP contribution in [-0.2, 0) is 7.05 Å². The second kappa shape index (κ2) is 12.0. The number of aryl methyl sites for hydroxylation is 1. The van der Waals surface area contributed by atoms with E-state index in [1.807, 2.05) is 55.4 Å². The molecule has 0 aliphatic carbocycles. The molecule has 0 radical (unpaired) electrons. The third-order valence-electron chi connectivity index (χ3n) is 7.78. The number of aliphatic hydroxyl groups is 2. The Labute approximate surface area is 242 Å². The first-order valence-corrected chi connectivity index (χ1v) is 14.4. The van der Waals surface area contributed by atoms with Crippen LogP contribution in [0.2, 0.25) is 0 Å². The molecule has 1 amide bonds. The van der Waals surface area contributed by atoms with E-state index in [0.717, 1.165) is 54.8 Å². The average molecular weight is 556 g/mol. The first kappa shape index (κ1) is 28.8. The summed E-state index contributed by atoms with van der Waals surface area (Å²) < 4.78 is 2.08. The first-order chi connectivity index (χ1) is 19.6. The summed E-state index contributed by atoms with van der Waals surface area (Å²) in [6, 6.07) is 19.9. The Hall–Kier alpha value is -3.72. The molecular formula is C33H41N5O3. The number of hydrogen-bond acceptors (Lipinski definition) is 6. The fourth-order valence-corrected chi connectivity index (χ4v) is 5.73. The van der Waals surface area contributed by atoms with Crippen LogP contribution in [0.15, 0.2) is 73.1 Å². The van der Waals surface area contributed by atoms with E-state index in [2.05, 4.69) is 50.1 Å². The van der Waals surface area contributed by atoms with Gasteiger partial charge in [0, 0.05) is 59.9 Å². The Bertz CT molecular complexity index is 1480. The van der Waals surface area contributed by atoms with Crippen molar-refractivity contribution in [3.05, 3.63) is 84.2 Å². The highest BCUT2D eigenvalue weighted by Gasteiger charge is 2.23. The lowest BCUT2D eigenvalue weighted by molar-refractivity contribution is 0.0897. The van der Waals surface area contributed by atoms with E-state index in [9.17, 15) is 15.0 Å². The zero-order valence-corrected chi connectivity index (χ0v) is 24.4. The SMILES string of the molecule is CC(O)CN1CCC(c2ccc(C(=O)Nc3cc(N(CC(C)(C)O)c4ccc5c(ccn5C)c4)ccn3)cc2)CC1. The highest BCUT2D eigenvalue weighted by molar-refractivity contribution is 6.04. The van der Waals surface area contributed by atoms with Crippen molar-refractivity contribution in [1.29, 1.82) is 0 Å². The van der Waals surface area contributed by atoms with Gasteiger partial charge in [0.15, 0.2) is 0 Å². The molecule has 5 rings (SSSR count). The van der Waals surface area contributed by atoms with Crippen molar-refractivity contribution in [3.8, 4) is 0 Å². The number of carbonyl (C=O) groups excluding carboxylic acids is 1. The van der Waals surface area contributed by atoms with Crippen LogP contribution in [0.1, 0.15) is 55.5 Å². The number of nitrogens with zero attached hydrogens (tertiary/aromatic N) is 4. The minimum Gasteiger partial charge on any atom is -0.392 e. The van der Waals surface area contributed by atoms with Crippen molar-refractivity contribution in [2.24, 2.45) is 7.05 Å². The number of likely N-dealkylation sites (tertiary alicyclic amines) is 1. The quantitative estimate of drug-likeness (QED) is 0.260. The van der Waals surface area contributed by atoms with Gasteiger partial charge in [0.25, 0.3) is 5.91 Å². The normalized spacial score (nSPS) is 15.7. The van der Waals surface area contributed by atoms with Crippen LogP contribution < -0.4 is 10.2 Å². The van der Waals surface area contributed by atoms with Gasteiger partial charge in [-0.15, -0.1) is 0 Å². The number of amides is 1. The lowest BCUT2D eigenvalue weighted by Gasteiger charge is -2.32. The van der Waals surface area contributed by atoms with Gasteiger partial charge in [0.1, 0.15) is 5.82 Å². The second-order valence-electron chi connectivity index (χ2n) is 12.0. The van der Waals surface area contributed by atoms with Crippen molar-refractivity contribution in [2.75, 3.05) is 36.4 Å². The van der Waals surface area contributed by atoms with Crippen LogP contribution in [0.3, 0.4) is 0 Å². The van der Waals surface area contributed by atoms with Crippen molar-refractivity contribution in [1.82, 2.24) is 14.5 Å². The van der Waals surface area contributed by atoms with E-state index in [0.29, 0.717) is 23.8 Å². The summed E-state index contributed by atoms with van der Waals surface area (Å²) in [6.07, 6.45) is 5.50. The van der Waals surface area contributed by atoms with E-state index >= 15 is 0 Å². The number of fused-ring (bicyclic) bond motifs is 1. The molecule has 8 heteroatoms. The first-order valence-electron chi connectivity index (χ1n) is 14.4. The number of pyridine rings is 1. The number of aromatic nitrogens is 2. The molecular weight excluding hydrogens is 514 g/mol. The lowest BCUT2D eigenvalue weighted by Crippen LogP contribution is -2.37. The molecule has 3 heterocycles. The molecule has 1 atom stereocenters. The molecule has 2 aromatic heterocycles. The van der Waals surface area contributed by atoms with E-state index < -0.39 is 5.60 Å². The topological polar surface area (TPSA) is 93.9 Å². The number of benzene rings is 2. The van der Waals surface area contributed by atoms with Crippen molar-refractivity contribution in [3.63, 3.8) is 0 Å². The molecule has 8 nitrogen and oxygen atoms in total. The highest BCUT2D eigenvalue weighted by atomic mass is 16.3. The van der Waals surface area contributed by atoms with Crippen molar-refractivity contribution >= 4 is 34.0 Å². The lowest BCUT2D eigenvalue weighted by atomic mass is 9.89. The van der Waals surface area contributed by atoms with Gasteiger partial charge in [-0.05, 0) is 101 Å².